The summed E-state index contributed by atoms with van der Waals surface area (Å²) < 4.78 is 0. The number of hydrogen-bond donors (Lipinski definition) is 0. The smallest absolute Gasteiger partial charge is 0.255 e. The van der Waals surface area contributed by atoms with Gasteiger partial charge in [0, 0.05) is 17.8 Å². The summed E-state index contributed by atoms with van der Waals surface area (Å²) in [6.45, 7) is 0. The van der Waals surface area contributed by atoms with E-state index in [9.17, 15) is 4.79 Å². The molecule has 1 aromatic rings. The first-order valence-corrected chi connectivity index (χ1v) is 6.29. The first kappa shape index (κ1) is 13.4. The molecule has 0 heterocycles. The Morgan fingerprint density at radius 1 is 1.56 bits per heavy atom. The standard InChI is InChI=1S/C11H14ClNO2S/c1-13(15-2)11(14)8-16-7-9-4-3-5-10(12)6-9/h3-6H,7-8H2,1-2H3. The van der Waals surface area contributed by atoms with Crippen molar-refractivity contribution in [2.75, 3.05) is 19.9 Å². The molecule has 0 saturated heterocycles. The molecule has 1 aromatic carbocycles. The summed E-state index contributed by atoms with van der Waals surface area (Å²) >= 11 is 7.39. The van der Waals surface area contributed by atoms with Gasteiger partial charge in [0.25, 0.3) is 5.91 Å². The molecule has 0 atom stereocenters. The molecule has 0 radical (unpaired) electrons. The van der Waals surface area contributed by atoms with Gasteiger partial charge in [0.2, 0.25) is 0 Å². The number of benzene rings is 1. The molecule has 1 rings (SSSR count). The van der Waals surface area contributed by atoms with Crippen LogP contribution in [0.1, 0.15) is 5.56 Å². The van der Waals surface area contributed by atoms with Gasteiger partial charge in [0.15, 0.2) is 0 Å². The molecule has 0 saturated carbocycles. The molecule has 0 aromatic heterocycles. The first-order valence-electron chi connectivity index (χ1n) is 4.76. The summed E-state index contributed by atoms with van der Waals surface area (Å²) in [4.78, 5) is 16.2. The maximum atomic E-state index is 11.4. The average Bonchev–Trinajstić information content (AvgIpc) is 2.28. The number of thioether (sulfide) groups is 1. The minimum Gasteiger partial charge on any atom is -0.275 e. The maximum absolute atomic E-state index is 11.4. The lowest BCUT2D eigenvalue weighted by molar-refractivity contribution is -0.165. The second-order valence-corrected chi connectivity index (χ2v) is 4.62. The maximum Gasteiger partial charge on any atom is 0.255 e. The Labute approximate surface area is 105 Å². The molecule has 1 amide bonds. The van der Waals surface area contributed by atoms with Crippen LogP contribution in [0, 0.1) is 0 Å². The molecule has 0 aliphatic rings. The normalized spacial score (nSPS) is 10.2. The first-order chi connectivity index (χ1) is 7.63. The SMILES string of the molecule is CON(C)C(=O)CSCc1cccc(Cl)c1. The minimum atomic E-state index is -0.0467. The van der Waals surface area contributed by atoms with Gasteiger partial charge in [-0.3, -0.25) is 9.63 Å². The van der Waals surface area contributed by atoms with Crippen molar-refractivity contribution < 1.29 is 9.63 Å². The highest BCUT2D eigenvalue weighted by molar-refractivity contribution is 7.99. The Hall–Kier alpha value is -0.710. The number of carbonyl (C=O) groups excluding carboxylic acids is 1. The third-order valence-corrected chi connectivity index (χ3v) is 3.23. The zero-order valence-corrected chi connectivity index (χ0v) is 10.8. The number of nitrogens with zero attached hydrogens (tertiary/aromatic N) is 1. The molecule has 5 heteroatoms. The molecule has 0 fully saturated rings. The molecule has 88 valence electrons. The quantitative estimate of drug-likeness (QED) is 0.762. The predicted molar refractivity (Wildman–Crippen MR) is 67.4 cm³/mol. The molecular weight excluding hydrogens is 246 g/mol. The van der Waals surface area contributed by atoms with E-state index in [0.29, 0.717) is 5.75 Å². The average molecular weight is 260 g/mol. The van der Waals surface area contributed by atoms with Crippen molar-refractivity contribution in [1.82, 2.24) is 5.06 Å². The molecule has 0 unspecified atom stereocenters. The number of rotatable bonds is 5. The Balaban J connectivity index is 2.33. The van der Waals surface area contributed by atoms with Crippen LogP contribution < -0.4 is 0 Å². The van der Waals surface area contributed by atoms with E-state index in [1.807, 2.05) is 24.3 Å². The zero-order valence-electron chi connectivity index (χ0n) is 9.27. The van der Waals surface area contributed by atoms with Crippen molar-refractivity contribution >= 4 is 29.3 Å². The number of amides is 1. The van der Waals surface area contributed by atoms with Gasteiger partial charge in [0.1, 0.15) is 0 Å². The Morgan fingerprint density at radius 3 is 2.94 bits per heavy atom. The molecule has 16 heavy (non-hydrogen) atoms. The van der Waals surface area contributed by atoms with Crippen LogP contribution >= 0.6 is 23.4 Å². The third kappa shape index (κ3) is 4.43. The summed E-state index contributed by atoms with van der Waals surface area (Å²) in [6, 6.07) is 7.63. The third-order valence-electron chi connectivity index (χ3n) is 2.01. The van der Waals surface area contributed by atoms with Crippen molar-refractivity contribution in [3.05, 3.63) is 34.9 Å². The lowest BCUT2D eigenvalue weighted by Crippen LogP contribution is -2.27. The molecule has 0 aliphatic heterocycles. The van der Waals surface area contributed by atoms with Crippen molar-refractivity contribution in [3.8, 4) is 0 Å². The van der Waals surface area contributed by atoms with Crippen LogP contribution in [0.15, 0.2) is 24.3 Å². The van der Waals surface area contributed by atoms with Gasteiger partial charge in [-0.15, -0.1) is 11.8 Å². The van der Waals surface area contributed by atoms with Gasteiger partial charge in [0.05, 0.1) is 12.9 Å². The van der Waals surface area contributed by atoms with E-state index in [0.717, 1.165) is 16.3 Å². The van der Waals surface area contributed by atoms with E-state index < -0.39 is 0 Å². The summed E-state index contributed by atoms with van der Waals surface area (Å²) in [5.74, 6) is 1.12. The van der Waals surface area contributed by atoms with Crippen molar-refractivity contribution in [3.63, 3.8) is 0 Å². The minimum absolute atomic E-state index is 0.0467. The largest absolute Gasteiger partial charge is 0.275 e. The summed E-state index contributed by atoms with van der Waals surface area (Å²) in [5.41, 5.74) is 1.12. The Morgan fingerprint density at radius 2 is 2.31 bits per heavy atom. The van der Waals surface area contributed by atoms with E-state index >= 15 is 0 Å². The summed E-state index contributed by atoms with van der Waals surface area (Å²) in [7, 11) is 3.07. The zero-order chi connectivity index (χ0) is 12.0. The van der Waals surface area contributed by atoms with Crippen molar-refractivity contribution in [2.45, 2.75) is 5.75 Å². The Kier molecular flexibility index (Phi) is 5.66. The van der Waals surface area contributed by atoms with Gasteiger partial charge < -0.3 is 0 Å². The highest BCUT2D eigenvalue weighted by Gasteiger charge is 2.07. The fourth-order valence-corrected chi connectivity index (χ4v) is 2.16. The number of carbonyl (C=O) groups is 1. The van der Waals surface area contributed by atoms with Gasteiger partial charge in [-0.05, 0) is 17.7 Å². The van der Waals surface area contributed by atoms with Crippen LogP contribution in [0.2, 0.25) is 5.02 Å². The molecule has 0 aliphatic carbocycles. The molecule has 3 nitrogen and oxygen atoms in total. The molecule has 0 spiro atoms. The number of hydrogen-bond acceptors (Lipinski definition) is 3. The van der Waals surface area contributed by atoms with Crippen LogP contribution in [0.25, 0.3) is 0 Å². The molecule has 0 N–H and O–H groups in total. The van der Waals surface area contributed by atoms with E-state index in [2.05, 4.69) is 0 Å². The van der Waals surface area contributed by atoms with Gasteiger partial charge in [-0.1, -0.05) is 23.7 Å². The van der Waals surface area contributed by atoms with Gasteiger partial charge in [-0.2, -0.15) is 0 Å². The second-order valence-electron chi connectivity index (χ2n) is 3.20. The topological polar surface area (TPSA) is 29.5 Å². The second kappa shape index (κ2) is 6.78. The highest BCUT2D eigenvalue weighted by atomic mass is 35.5. The fourth-order valence-electron chi connectivity index (χ4n) is 1.08. The summed E-state index contributed by atoms with van der Waals surface area (Å²) in [5, 5.41) is 1.95. The van der Waals surface area contributed by atoms with Crippen LogP contribution in [0.3, 0.4) is 0 Å². The van der Waals surface area contributed by atoms with Crippen LogP contribution in [-0.4, -0.2) is 30.9 Å². The van der Waals surface area contributed by atoms with Crippen molar-refractivity contribution in [2.24, 2.45) is 0 Å². The van der Waals surface area contributed by atoms with Gasteiger partial charge in [-0.25, -0.2) is 5.06 Å². The van der Waals surface area contributed by atoms with E-state index in [1.54, 1.807) is 7.05 Å². The Bertz CT molecular complexity index is 360. The lowest BCUT2D eigenvalue weighted by atomic mass is 10.2. The number of hydroxylamine groups is 2. The fraction of sp³-hybridized carbons (Fsp3) is 0.364. The lowest BCUT2D eigenvalue weighted by Gasteiger charge is -2.12. The summed E-state index contributed by atoms with van der Waals surface area (Å²) in [6.07, 6.45) is 0. The molecule has 0 bridgehead atoms. The van der Waals surface area contributed by atoms with Crippen LogP contribution in [0.4, 0.5) is 0 Å². The van der Waals surface area contributed by atoms with E-state index in [-0.39, 0.29) is 5.91 Å². The van der Waals surface area contributed by atoms with Crippen LogP contribution in [0.5, 0.6) is 0 Å². The van der Waals surface area contributed by atoms with Crippen molar-refractivity contribution in [1.29, 1.82) is 0 Å². The van der Waals surface area contributed by atoms with E-state index in [1.165, 1.54) is 23.9 Å². The van der Waals surface area contributed by atoms with E-state index in [4.69, 9.17) is 16.4 Å². The van der Waals surface area contributed by atoms with Gasteiger partial charge >= 0.3 is 0 Å². The number of halogens is 1. The van der Waals surface area contributed by atoms with Crippen LogP contribution in [-0.2, 0) is 15.4 Å². The monoisotopic (exact) mass is 259 g/mol. The molecular formula is C11H14ClNO2S. The highest BCUT2D eigenvalue weighted by Crippen LogP contribution is 2.16. The predicted octanol–water partition coefficient (Wildman–Crippen LogP) is 2.59.